The van der Waals surface area contributed by atoms with Gasteiger partial charge in [0.15, 0.2) is 0 Å². The number of carboxylic acids is 1. The van der Waals surface area contributed by atoms with Crippen LogP contribution in [0.1, 0.15) is 10.4 Å². The highest BCUT2D eigenvalue weighted by Gasteiger charge is 2.05. The van der Waals surface area contributed by atoms with Crippen molar-refractivity contribution < 1.29 is 9.90 Å². The van der Waals surface area contributed by atoms with Crippen molar-refractivity contribution in [1.29, 1.82) is 0 Å². The Morgan fingerprint density at radius 1 is 1.54 bits per heavy atom. The summed E-state index contributed by atoms with van der Waals surface area (Å²) in [5.74, 6) is -0.988. The van der Waals surface area contributed by atoms with E-state index in [4.69, 9.17) is 16.7 Å². The summed E-state index contributed by atoms with van der Waals surface area (Å²) in [6.45, 7) is 0. The van der Waals surface area contributed by atoms with Gasteiger partial charge < -0.3 is 10.5 Å². The van der Waals surface area contributed by atoms with Crippen molar-refractivity contribution in [2.24, 2.45) is 0 Å². The predicted molar refractivity (Wildman–Crippen MR) is 51.1 cm³/mol. The molecule has 0 unspecified atom stereocenters. The van der Waals surface area contributed by atoms with Crippen LogP contribution in [0.25, 0.3) is 0 Å². The van der Waals surface area contributed by atoms with E-state index in [-0.39, 0.29) is 5.56 Å². The first-order chi connectivity index (χ1) is 6.15. The minimum absolute atomic E-state index is 0.173. The summed E-state index contributed by atoms with van der Waals surface area (Å²) in [6.07, 6.45) is 0. The third kappa shape index (κ3) is 2.34. The van der Waals surface area contributed by atoms with Crippen molar-refractivity contribution in [2.75, 3.05) is 12.5 Å². The maximum Gasteiger partial charge on any atom is 0.335 e. The summed E-state index contributed by atoms with van der Waals surface area (Å²) < 4.78 is 0. The van der Waals surface area contributed by atoms with Crippen LogP contribution >= 0.6 is 11.6 Å². The molecule has 0 aliphatic heterocycles. The van der Waals surface area contributed by atoms with Crippen molar-refractivity contribution in [2.45, 2.75) is 0 Å². The van der Waals surface area contributed by atoms with Crippen molar-refractivity contribution >= 4 is 23.3 Å². The summed E-state index contributed by atoms with van der Waals surface area (Å²) in [6, 6.07) is 4.47. The molecule has 1 rings (SSSR count). The lowest BCUT2D eigenvalue weighted by molar-refractivity contribution is 0.0697. The van der Waals surface area contributed by atoms with Crippen LogP contribution in [-0.2, 0) is 0 Å². The number of hydrazine groups is 1. The van der Waals surface area contributed by atoms with Crippen LogP contribution in [0.2, 0.25) is 5.02 Å². The third-order valence-corrected chi connectivity index (χ3v) is 1.79. The number of hydrogen-bond acceptors (Lipinski definition) is 3. The van der Waals surface area contributed by atoms with Gasteiger partial charge in [0.1, 0.15) is 0 Å². The second-order valence-electron chi connectivity index (χ2n) is 2.37. The molecule has 0 saturated carbocycles. The fourth-order valence-corrected chi connectivity index (χ4v) is 1.11. The number of carbonyl (C=O) groups is 1. The van der Waals surface area contributed by atoms with E-state index in [0.717, 1.165) is 0 Å². The van der Waals surface area contributed by atoms with Crippen molar-refractivity contribution in [1.82, 2.24) is 5.43 Å². The lowest BCUT2D eigenvalue weighted by atomic mass is 10.2. The van der Waals surface area contributed by atoms with Gasteiger partial charge in [-0.05, 0) is 18.2 Å². The van der Waals surface area contributed by atoms with Crippen molar-refractivity contribution in [3.05, 3.63) is 28.8 Å². The molecule has 3 N–H and O–H groups in total. The van der Waals surface area contributed by atoms with Gasteiger partial charge in [-0.1, -0.05) is 11.6 Å². The Labute approximate surface area is 80.5 Å². The standard InChI is InChI=1S/C8H9ClN2O2/c1-10-11-7-3-2-5(8(12)13)4-6(7)9/h2-4,10-11H,1H3,(H,12,13). The van der Waals surface area contributed by atoms with Gasteiger partial charge in [-0.25, -0.2) is 10.2 Å². The Kier molecular flexibility index (Phi) is 3.11. The van der Waals surface area contributed by atoms with Gasteiger partial charge in [0, 0.05) is 7.05 Å². The maximum absolute atomic E-state index is 10.5. The molecule has 0 radical (unpaired) electrons. The molecule has 4 nitrogen and oxygen atoms in total. The van der Waals surface area contributed by atoms with Gasteiger partial charge in [-0.2, -0.15) is 0 Å². The fraction of sp³-hybridized carbons (Fsp3) is 0.125. The molecule has 1 aromatic rings. The maximum atomic E-state index is 10.5. The summed E-state index contributed by atoms with van der Waals surface area (Å²) in [7, 11) is 1.70. The second-order valence-corrected chi connectivity index (χ2v) is 2.78. The molecule has 0 fully saturated rings. The quantitative estimate of drug-likeness (QED) is 0.649. The number of anilines is 1. The number of rotatable bonds is 3. The molecule has 1 aromatic carbocycles. The van der Waals surface area contributed by atoms with Crippen LogP contribution in [0, 0.1) is 0 Å². The minimum Gasteiger partial charge on any atom is -0.478 e. The Hall–Kier alpha value is -1.26. The Morgan fingerprint density at radius 2 is 2.23 bits per heavy atom. The minimum atomic E-state index is -0.988. The summed E-state index contributed by atoms with van der Waals surface area (Å²) >= 11 is 5.79. The molecule has 0 aliphatic carbocycles. The molecule has 0 atom stereocenters. The molecule has 0 bridgehead atoms. The van der Waals surface area contributed by atoms with E-state index in [2.05, 4.69) is 10.9 Å². The van der Waals surface area contributed by atoms with E-state index in [9.17, 15) is 4.79 Å². The average molecular weight is 201 g/mol. The Balaban J connectivity index is 2.98. The molecule has 5 heteroatoms. The smallest absolute Gasteiger partial charge is 0.335 e. The van der Waals surface area contributed by atoms with Crippen molar-refractivity contribution in [3.8, 4) is 0 Å². The summed E-state index contributed by atoms with van der Waals surface area (Å²) in [4.78, 5) is 10.5. The number of carboxylic acid groups (broad SMARTS) is 1. The monoisotopic (exact) mass is 200 g/mol. The van der Waals surface area contributed by atoms with Crippen LogP contribution in [0.5, 0.6) is 0 Å². The van der Waals surface area contributed by atoms with Gasteiger partial charge >= 0.3 is 5.97 Å². The first-order valence-corrected chi connectivity index (χ1v) is 3.98. The lowest BCUT2D eigenvalue weighted by Crippen LogP contribution is -2.15. The Bertz CT molecular complexity index is 328. The third-order valence-electron chi connectivity index (χ3n) is 1.48. The first kappa shape index (κ1) is 9.83. The van der Waals surface area contributed by atoms with Gasteiger partial charge in [0.2, 0.25) is 0 Å². The number of nitrogens with one attached hydrogen (secondary N) is 2. The highest BCUT2D eigenvalue weighted by molar-refractivity contribution is 6.33. The zero-order chi connectivity index (χ0) is 9.84. The highest BCUT2D eigenvalue weighted by atomic mass is 35.5. The number of halogens is 1. The zero-order valence-electron chi connectivity index (χ0n) is 6.97. The molecule has 0 spiro atoms. The highest BCUT2D eigenvalue weighted by Crippen LogP contribution is 2.22. The van der Waals surface area contributed by atoms with Crippen LogP contribution < -0.4 is 10.9 Å². The molecular formula is C8H9ClN2O2. The van der Waals surface area contributed by atoms with Crippen LogP contribution in [0.3, 0.4) is 0 Å². The molecule has 0 aliphatic rings. The number of hydrogen-bond donors (Lipinski definition) is 3. The van der Waals surface area contributed by atoms with E-state index < -0.39 is 5.97 Å². The van der Waals surface area contributed by atoms with E-state index >= 15 is 0 Å². The zero-order valence-corrected chi connectivity index (χ0v) is 7.72. The van der Waals surface area contributed by atoms with Crippen molar-refractivity contribution in [3.63, 3.8) is 0 Å². The van der Waals surface area contributed by atoms with Crippen LogP contribution in [0.15, 0.2) is 18.2 Å². The lowest BCUT2D eigenvalue weighted by Gasteiger charge is -2.06. The van der Waals surface area contributed by atoms with Gasteiger partial charge in [0.25, 0.3) is 0 Å². The largest absolute Gasteiger partial charge is 0.478 e. The van der Waals surface area contributed by atoms with E-state index in [1.54, 1.807) is 13.1 Å². The van der Waals surface area contributed by atoms with Gasteiger partial charge in [0.05, 0.1) is 16.3 Å². The first-order valence-electron chi connectivity index (χ1n) is 3.60. The fourth-order valence-electron chi connectivity index (χ4n) is 0.884. The molecule has 0 saturated heterocycles. The van der Waals surface area contributed by atoms with Crippen LogP contribution in [-0.4, -0.2) is 18.1 Å². The van der Waals surface area contributed by atoms with Gasteiger partial charge in [-0.15, -0.1) is 0 Å². The molecule has 0 amide bonds. The normalized spacial score (nSPS) is 9.69. The van der Waals surface area contributed by atoms with E-state index in [0.29, 0.717) is 10.7 Å². The summed E-state index contributed by atoms with van der Waals surface area (Å²) in [5, 5.41) is 9.01. The van der Waals surface area contributed by atoms with E-state index in [1.807, 2.05) is 0 Å². The molecular weight excluding hydrogens is 192 g/mol. The molecule has 70 valence electrons. The average Bonchev–Trinajstić information content (AvgIpc) is 2.08. The number of benzene rings is 1. The number of aromatic carboxylic acids is 1. The Morgan fingerprint density at radius 3 is 2.69 bits per heavy atom. The van der Waals surface area contributed by atoms with E-state index in [1.165, 1.54) is 12.1 Å². The molecule has 13 heavy (non-hydrogen) atoms. The topological polar surface area (TPSA) is 61.4 Å². The summed E-state index contributed by atoms with van der Waals surface area (Å²) in [5.41, 5.74) is 6.28. The molecule has 0 aromatic heterocycles. The second kappa shape index (κ2) is 4.11. The van der Waals surface area contributed by atoms with Gasteiger partial charge in [-0.3, -0.25) is 0 Å². The molecule has 0 heterocycles. The predicted octanol–water partition coefficient (Wildman–Crippen LogP) is 1.58. The SMILES string of the molecule is CNNc1ccc(C(=O)O)cc1Cl. The van der Waals surface area contributed by atoms with Crippen LogP contribution in [0.4, 0.5) is 5.69 Å².